The Morgan fingerprint density at radius 2 is 1.55 bits per heavy atom. The Hall–Kier alpha value is -1.13. The van der Waals surface area contributed by atoms with Crippen LogP contribution >= 0.6 is 0 Å². The molecule has 0 aliphatic carbocycles. The van der Waals surface area contributed by atoms with Crippen LogP contribution in [-0.4, -0.2) is 33.5 Å². The first-order chi connectivity index (χ1) is 10.6. The summed E-state index contributed by atoms with van der Waals surface area (Å²) in [5.41, 5.74) is 0. The molecule has 0 unspecified atom stereocenters. The van der Waals surface area contributed by atoms with Crippen LogP contribution in [0.25, 0.3) is 0 Å². The zero-order valence-electron chi connectivity index (χ0n) is 13.8. The lowest BCUT2D eigenvalue weighted by molar-refractivity contribution is -0.137. The van der Waals surface area contributed by atoms with E-state index in [1.807, 2.05) is 12.2 Å². The molecular formula is C18H32O4. The summed E-state index contributed by atoms with van der Waals surface area (Å²) < 4.78 is 0. The highest BCUT2D eigenvalue weighted by Gasteiger charge is 2.13. The fourth-order valence-electron chi connectivity index (χ4n) is 2.18. The van der Waals surface area contributed by atoms with Crippen molar-refractivity contribution in [3.8, 4) is 0 Å². The summed E-state index contributed by atoms with van der Waals surface area (Å²) in [6.45, 7) is 2.09. The molecule has 3 N–H and O–H groups in total. The van der Waals surface area contributed by atoms with Crippen molar-refractivity contribution in [3.05, 3.63) is 24.3 Å². The Labute approximate surface area is 134 Å². The Kier molecular flexibility index (Phi) is 14.0. The van der Waals surface area contributed by atoms with Crippen LogP contribution in [0.4, 0.5) is 0 Å². The predicted octanol–water partition coefficient (Wildman–Crippen LogP) is 3.83. The van der Waals surface area contributed by atoms with Crippen molar-refractivity contribution in [2.75, 3.05) is 0 Å². The molecule has 0 aliphatic heterocycles. The molecule has 128 valence electrons. The number of rotatable bonds is 14. The van der Waals surface area contributed by atoms with Crippen molar-refractivity contribution in [1.82, 2.24) is 0 Å². The molecule has 0 radical (unpaired) electrons. The molecular weight excluding hydrogens is 280 g/mol. The van der Waals surface area contributed by atoms with Crippen LogP contribution in [0.2, 0.25) is 0 Å². The minimum atomic E-state index is -0.739. The molecule has 0 spiro atoms. The van der Waals surface area contributed by atoms with Gasteiger partial charge in [0.15, 0.2) is 0 Å². The second-order valence-corrected chi connectivity index (χ2v) is 5.66. The van der Waals surface area contributed by atoms with E-state index in [2.05, 4.69) is 19.1 Å². The Bertz CT molecular complexity index is 323. The van der Waals surface area contributed by atoms with E-state index >= 15 is 0 Å². The minimum absolute atomic E-state index is 0.237. The van der Waals surface area contributed by atoms with Gasteiger partial charge in [-0.05, 0) is 32.1 Å². The van der Waals surface area contributed by atoms with E-state index in [1.54, 1.807) is 0 Å². The van der Waals surface area contributed by atoms with Crippen molar-refractivity contribution in [2.45, 2.75) is 83.3 Å². The first-order valence-electron chi connectivity index (χ1n) is 8.45. The van der Waals surface area contributed by atoms with Crippen molar-refractivity contribution < 1.29 is 20.1 Å². The van der Waals surface area contributed by atoms with Gasteiger partial charge in [0.05, 0.1) is 12.2 Å². The Morgan fingerprint density at radius 3 is 2.23 bits per heavy atom. The molecule has 0 saturated heterocycles. The van der Waals surface area contributed by atoms with Gasteiger partial charge in [-0.2, -0.15) is 0 Å². The third-order valence-electron chi connectivity index (χ3n) is 3.55. The zero-order valence-corrected chi connectivity index (χ0v) is 13.8. The van der Waals surface area contributed by atoms with Gasteiger partial charge in [0.1, 0.15) is 0 Å². The standard InChI is InChI=1S/C18H32O4/c1-2-3-4-5-7-10-13-16(19)17(20)14-11-8-6-9-12-15-18(21)22/h3-4,7,10,16-17,19-20H,2,5-6,8-9,11-15H2,1H3,(H,21,22)/b4-3-,10-7-/t16-,17-/m0/s1. The van der Waals surface area contributed by atoms with Gasteiger partial charge in [0.2, 0.25) is 0 Å². The van der Waals surface area contributed by atoms with Crippen molar-refractivity contribution in [3.63, 3.8) is 0 Å². The van der Waals surface area contributed by atoms with Gasteiger partial charge < -0.3 is 15.3 Å². The lowest BCUT2D eigenvalue weighted by Gasteiger charge is -2.16. The number of hydrogen-bond acceptors (Lipinski definition) is 3. The molecule has 0 amide bonds. The summed E-state index contributed by atoms with van der Waals surface area (Å²) in [6.07, 6.45) is 14.4. The van der Waals surface area contributed by atoms with Gasteiger partial charge in [-0.1, -0.05) is 56.9 Å². The highest BCUT2D eigenvalue weighted by molar-refractivity contribution is 5.66. The Balaban J connectivity index is 3.55. The fourth-order valence-corrected chi connectivity index (χ4v) is 2.18. The van der Waals surface area contributed by atoms with E-state index in [0.717, 1.165) is 44.9 Å². The number of hydrogen-bond donors (Lipinski definition) is 3. The topological polar surface area (TPSA) is 77.8 Å². The molecule has 0 saturated carbocycles. The maximum atomic E-state index is 10.3. The van der Waals surface area contributed by atoms with Crippen LogP contribution in [0.15, 0.2) is 24.3 Å². The summed E-state index contributed by atoms with van der Waals surface area (Å²) in [6, 6.07) is 0. The lowest BCUT2D eigenvalue weighted by atomic mass is 10.0. The van der Waals surface area contributed by atoms with Gasteiger partial charge in [-0.15, -0.1) is 0 Å². The lowest BCUT2D eigenvalue weighted by Crippen LogP contribution is -2.25. The number of carbonyl (C=O) groups is 1. The minimum Gasteiger partial charge on any atom is -0.481 e. The fraction of sp³-hybridized carbons (Fsp3) is 0.722. The van der Waals surface area contributed by atoms with Crippen LogP contribution in [-0.2, 0) is 4.79 Å². The average molecular weight is 312 g/mol. The molecule has 4 nitrogen and oxygen atoms in total. The first-order valence-corrected chi connectivity index (χ1v) is 8.45. The predicted molar refractivity (Wildman–Crippen MR) is 89.8 cm³/mol. The number of aliphatic hydroxyl groups excluding tert-OH is 2. The number of unbranched alkanes of at least 4 members (excludes halogenated alkanes) is 4. The van der Waals surface area contributed by atoms with Crippen LogP contribution < -0.4 is 0 Å². The molecule has 0 aromatic heterocycles. The van der Waals surface area contributed by atoms with Crippen molar-refractivity contribution >= 4 is 5.97 Å². The normalized spacial score (nSPS) is 14.7. The highest BCUT2D eigenvalue weighted by Crippen LogP contribution is 2.12. The maximum absolute atomic E-state index is 10.3. The van der Waals surface area contributed by atoms with E-state index in [1.165, 1.54) is 0 Å². The van der Waals surface area contributed by atoms with E-state index < -0.39 is 18.2 Å². The average Bonchev–Trinajstić information content (AvgIpc) is 2.49. The van der Waals surface area contributed by atoms with Crippen LogP contribution in [0.3, 0.4) is 0 Å². The summed E-state index contributed by atoms with van der Waals surface area (Å²) in [7, 11) is 0. The quantitative estimate of drug-likeness (QED) is 0.336. The first kappa shape index (κ1) is 20.9. The molecule has 0 aliphatic rings. The summed E-state index contributed by atoms with van der Waals surface area (Å²) >= 11 is 0. The van der Waals surface area contributed by atoms with Crippen LogP contribution in [0.1, 0.15) is 71.1 Å². The second-order valence-electron chi connectivity index (χ2n) is 5.66. The number of carboxylic acid groups (broad SMARTS) is 1. The third kappa shape index (κ3) is 13.8. The molecule has 0 bridgehead atoms. The largest absolute Gasteiger partial charge is 0.481 e. The number of allylic oxidation sites excluding steroid dienone is 3. The van der Waals surface area contributed by atoms with Gasteiger partial charge >= 0.3 is 5.97 Å². The summed E-state index contributed by atoms with van der Waals surface area (Å²) in [5.74, 6) is -0.739. The smallest absolute Gasteiger partial charge is 0.303 e. The highest BCUT2D eigenvalue weighted by atomic mass is 16.4. The van der Waals surface area contributed by atoms with Gasteiger partial charge in [0, 0.05) is 6.42 Å². The third-order valence-corrected chi connectivity index (χ3v) is 3.55. The molecule has 0 aromatic carbocycles. The molecule has 0 rings (SSSR count). The summed E-state index contributed by atoms with van der Waals surface area (Å²) in [4.78, 5) is 10.3. The van der Waals surface area contributed by atoms with Gasteiger partial charge in [-0.3, -0.25) is 4.79 Å². The van der Waals surface area contributed by atoms with Gasteiger partial charge in [-0.25, -0.2) is 0 Å². The maximum Gasteiger partial charge on any atom is 0.303 e. The van der Waals surface area contributed by atoms with E-state index in [4.69, 9.17) is 5.11 Å². The van der Waals surface area contributed by atoms with Crippen molar-refractivity contribution in [2.24, 2.45) is 0 Å². The molecule has 22 heavy (non-hydrogen) atoms. The second kappa shape index (κ2) is 14.8. The zero-order chi connectivity index (χ0) is 16.6. The number of aliphatic carboxylic acids is 1. The molecule has 0 fully saturated rings. The number of aliphatic hydroxyl groups is 2. The molecule has 0 aromatic rings. The molecule has 0 heterocycles. The van der Waals surface area contributed by atoms with E-state index in [0.29, 0.717) is 12.8 Å². The SMILES string of the molecule is CC/C=C\C/C=C\C[C@H](O)[C@@H](O)CCCCCCCC(=O)O. The van der Waals surface area contributed by atoms with E-state index in [-0.39, 0.29) is 6.42 Å². The molecule has 4 heteroatoms. The van der Waals surface area contributed by atoms with Gasteiger partial charge in [0.25, 0.3) is 0 Å². The van der Waals surface area contributed by atoms with E-state index in [9.17, 15) is 15.0 Å². The Morgan fingerprint density at radius 1 is 0.909 bits per heavy atom. The van der Waals surface area contributed by atoms with Crippen molar-refractivity contribution in [1.29, 1.82) is 0 Å². The number of carboxylic acids is 1. The molecule has 2 atom stereocenters. The van der Waals surface area contributed by atoms with Crippen LogP contribution in [0, 0.1) is 0 Å². The summed E-state index contributed by atoms with van der Waals surface area (Å²) in [5, 5.41) is 28.2. The monoisotopic (exact) mass is 312 g/mol. The van der Waals surface area contributed by atoms with Crippen LogP contribution in [0.5, 0.6) is 0 Å².